The molecule has 4 heteroatoms. The van der Waals surface area contributed by atoms with Gasteiger partial charge in [-0.3, -0.25) is 4.68 Å². The molecule has 1 aromatic heterocycles. The molecule has 0 amide bonds. The van der Waals surface area contributed by atoms with Crippen LogP contribution in [0.15, 0.2) is 30.6 Å². The van der Waals surface area contributed by atoms with Crippen molar-refractivity contribution in [3.05, 3.63) is 36.2 Å². The lowest BCUT2D eigenvalue weighted by molar-refractivity contribution is 0.480. The highest BCUT2D eigenvalue weighted by Crippen LogP contribution is 2.24. The molecule has 0 saturated carbocycles. The van der Waals surface area contributed by atoms with E-state index in [4.69, 9.17) is 10.5 Å². The Morgan fingerprint density at radius 2 is 2.18 bits per heavy atom. The van der Waals surface area contributed by atoms with Gasteiger partial charge in [-0.1, -0.05) is 6.92 Å². The lowest BCUT2D eigenvalue weighted by Crippen LogP contribution is -1.95. The quantitative estimate of drug-likeness (QED) is 0.823. The smallest absolute Gasteiger partial charge is 0.165 e. The summed E-state index contributed by atoms with van der Waals surface area (Å²) in [6.07, 6.45) is 4.68. The highest BCUT2D eigenvalue weighted by Gasteiger charge is 2.02. The summed E-state index contributed by atoms with van der Waals surface area (Å²) in [5, 5.41) is 4.21. The summed E-state index contributed by atoms with van der Waals surface area (Å²) in [7, 11) is 0. The van der Waals surface area contributed by atoms with Gasteiger partial charge < -0.3 is 10.5 Å². The first-order valence-corrected chi connectivity index (χ1v) is 5.75. The topological polar surface area (TPSA) is 53.1 Å². The number of aryl methyl sites for hydroxylation is 2. The molecule has 2 N–H and O–H groups in total. The van der Waals surface area contributed by atoms with Crippen molar-refractivity contribution >= 4 is 5.69 Å². The second-order valence-electron chi connectivity index (χ2n) is 4.06. The van der Waals surface area contributed by atoms with Crippen LogP contribution in [0.5, 0.6) is 11.5 Å². The Bertz CT molecular complexity index is 505. The third-order valence-corrected chi connectivity index (χ3v) is 2.54. The van der Waals surface area contributed by atoms with Crippen molar-refractivity contribution < 1.29 is 4.74 Å². The first-order chi connectivity index (χ1) is 8.19. The van der Waals surface area contributed by atoms with Gasteiger partial charge >= 0.3 is 0 Å². The number of ether oxygens (including phenoxy) is 1. The van der Waals surface area contributed by atoms with E-state index in [1.165, 1.54) is 0 Å². The van der Waals surface area contributed by atoms with Crippen LogP contribution in [0.1, 0.15) is 18.9 Å². The van der Waals surface area contributed by atoms with Gasteiger partial charge in [-0.05, 0) is 37.1 Å². The molecule has 0 atom stereocenters. The Morgan fingerprint density at radius 1 is 1.35 bits per heavy atom. The van der Waals surface area contributed by atoms with E-state index < -0.39 is 0 Å². The van der Waals surface area contributed by atoms with Crippen LogP contribution in [0.25, 0.3) is 0 Å². The van der Waals surface area contributed by atoms with Crippen molar-refractivity contribution in [3.63, 3.8) is 0 Å². The maximum Gasteiger partial charge on any atom is 0.165 e. The number of nitrogens with two attached hydrogens (primary N) is 1. The standard InChI is InChI=1S/C13H17N3O/c1-3-6-16-9-12(8-15-16)17-11-4-5-13(14)10(2)7-11/h4-5,7-9H,3,6,14H2,1-2H3. The second-order valence-corrected chi connectivity index (χ2v) is 4.06. The molecule has 0 aliphatic carbocycles. The summed E-state index contributed by atoms with van der Waals surface area (Å²) in [5.74, 6) is 1.54. The predicted octanol–water partition coefficient (Wildman–Crippen LogP) is 2.98. The Kier molecular flexibility index (Phi) is 3.32. The van der Waals surface area contributed by atoms with Gasteiger partial charge in [0.1, 0.15) is 5.75 Å². The van der Waals surface area contributed by atoms with Gasteiger partial charge in [0.2, 0.25) is 0 Å². The van der Waals surface area contributed by atoms with Crippen LogP contribution in [0.3, 0.4) is 0 Å². The SMILES string of the molecule is CCCn1cc(Oc2ccc(N)c(C)c2)cn1. The zero-order valence-corrected chi connectivity index (χ0v) is 10.2. The zero-order chi connectivity index (χ0) is 12.3. The van der Waals surface area contributed by atoms with Crippen LogP contribution in [0.4, 0.5) is 5.69 Å². The fourth-order valence-electron chi connectivity index (χ4n) is 1.60. The van der Waals surface area contributed by atoms with Crippen molar-refractivity contribution in [3.8, 4) is 11.5 Å². The van der Waals surface area contributed by atoms with Gasteiger partial charge in [-0.25, -0.2) is 0 Å². The van der Waals surface area contributed by atoms with Crippen LogP contribution < -0.4 is 10.5 Å². The van der Waals surface area contributed by atoms with Crippen LogP contribution in [-0.4, -0.2) is 9.78 Å². The largest absolute Gasteiger partial charge is 0.454 e. The molecule has 0 saturated heterocycles. The van der Waals surface area contributed by atoms with Crippen molar-refractivity contribution in [2.45, 2.75) is 26.8 Å². The number of aromatic nitrogens is 2. The highest BCUT2D eigenvalue weighted by molar-refractivity contribution is 5.50. The fourth-order valence-corrected chi connectivity index (χ4v) is 1.60. The number of hydrogen-bond donors (Lipinski definition) is 1. The van der Waals surface area contributed by atoms with E-state index in [9.17, 15) is 0 Å². The monoisotopic (exact) mass is 231 g/mol. The van der Waals surface area contributed by atoms with Crippen LogP contribution in [0, 0.1) is 6.92 Å². The van der Waals surface area contributed by atoms with Gasteiger partial charge in [0.25, 0.3) is 0 Å². The first kappa shape index (κ1) is 11.5. The lowest BCUT2D eigenvalue weighted by Gasteiger charge is -2.05. The number of rotatable bonds is 4. The van der Waals surface area contributed by atoms with Crippen molar-refractivity contribution in [1.29, 1.82) is 0 Å². The van der Waals surface area contributed by atoms with E-state index in [0.29, 0.717) is 0 Å². The average Bonchev–Trinajstić information content (AvgIpc) is 2.72. The molecule has 4 nitrogen and oxygen atoms in total. The fraction of sp³-hybridized carbons (Fsp3) is 0.308. The third-order valence-electron chi connectivity index (χ3n) is 2.54. The van der Waals surface area contributed by atoms with Gasteiger partial charge in [-0.2, -0.15) is 5.10 Å². The van der Waals surface area contributed by atoms with Gasteiger partial charge in [0, 0.05) is 12.2 Å². The van der Waals surface area contributed by atoms with Gasteiger partial charge in [0.15, 0.2) is 5.75 Å². The van der Waals surface area contributed by atoms with Crippen molar-refractivity contribution in [2.75, 3.05) is 5.73 Å². The van der Waals surface area contributed by atoms with E-state index >= 15 is 0 Å². The van der Waals surface area contributed by atoms with Crippen molar-refractivity contribution in [1.82, 2.24) is 9.78 Å². The molecule has 0 aliphatic heterocycles. The summed E-state index contributed by atoms with van der Waals surface area (Å²) in [5.41, 5.74) is 7.55. The molecule has 1 heterocycles. The Hall–Kier alpha value is -1.97. The first-order valence-electron chi connectivity index (χ1n) is 5.75. The van der Waals surface area contributed by atoms with Crippen LogP contribution in [-0.2, 0) is 6.54 Å². The minimum absolute atomic E-state index is 0.752. The van der Waals surface area contributed by atoms with Crippen LogP contribution in [0.2, 0.25) is 0 Å². The molecule has 0 fully saturated rings. The summed E-state index contributed by atoms with van der Waals surface area (Å²) in [6.45, 7) is 4.98. The number of nitrogen functional groups attached to an aromatic ring is 1. The normalized spacial score (nSPS) is 10.5. The maximum absolute atomic E-state index is 5.75. The van der Waals surface area contributed by atoms with E-state index in [-0.39, 0.29) is 0 Å². The Morgan fingerprint density at radius 3 is 2.88 bits per heavy atom. The van der Waals surface area contributed by atoms with E-state index in [1.807, 2.05) is 36.0 Å². The summed E-state index contributed by atoms with van der Waals surface area (Å²) in [4.78, 5) is 0. The maximum atomic E-state index is 5.75. The number of benzene rings is 1. The van der Waals surface area contributed by atoms with Gasteiger partial charge in [-0.15, -0.1) is 0 Å². The molecule has 0 bridgehead atoms. The molecule has 0 radical (unpaired) electrons. The van der Waals surface area contributed by atoms with E-state index in [1.54, 1.807) is 6.20 Å². The molecule has 0 aliphatic rings. The molecular formula is C13H17N3O. The average molecular weight is 231 g/mol. The highest BCUT2D eigenvalue weighted by atomic mass is 16.5. The minimum Gasteiger partial charge on any atom is -0.454 e. The second kappa shape index (κ2) is 4.91. The summed E-state index contributed by atoms with van der Waals surface area (Å²) in [6, 6.07) is 5.63. The minimum atomic E-state index is 0.752. The molecular weight excluding hydrogens is 214 g/mol. The number of nitrogens with zero attached hydrogens (tertiary/aromatic N) is 2. The molecule has 2 aromatic rings. The summed E-state index contributed by atoms with van der Waals surface area (Å²) >= 11 is 0. The van der Waals surface area contributed by atoms with Crippen LogP contribution >= 0.6 is 0 Å². The molecule has 90 valence electrons. The number of anilines is 1. The van der Waals surface area contributed by atoms with Crippen molar-refractivity contribution in [2.24, 2.45) is 0 Å². The Balaban J connectivity index is 2.11. The Labute approximate surface area is 101 Å². The molecule has 17 heavy (non-hydrogen) atoms. The zero-order valence-electron chi connectivity index (χ0n) is 10.2. The predicted molar refractivity (Wildman–Crippen MR) is 68.2 cm³/mol. The summed E-state index contributed by atoms with van der Waals surface area (Å²) < 4.78 is 7.58. The molecule has 0 unspecified atom stereocenters. The third kappa shape index (κ3) is 2.78. The lowest BCUT2D eigenvalue weighted by atomic mass is 10.2. The van der Waals surface area contributed by atoms with E-state index in [0.717, 1.165) is 35.7 Å². The van der Waals surface area contributed by atoms with Gasteiger partial charge in [0.05, 0.1) is 12.4 Å². The number of hydrogen-bond acceptors (Lipinski definition) is 3. The van der Waals surface area contributed by atoms with E-state index in [2.05, 4.69) is 12.0 Å². The molecule has 2 rings (SSSR count). The molecule has 1 aromatic carbocycles. The molecule has 0 spiro atoms.